The molecule has 0 aliphatic heterocycles. The van der Waals surface area contributed by atoms with Crippen LogP contribution in [0, 0.1) is 0 Å². The molecule has 0 unspecified atom stereocenters. The molecule has 4 nitrogen and oxygen atoms in total. The van der Waals surface area contributed by atoms with E-state index in [0.717, 1.165) is 17.5 Å². The summed E-state index contributed by atoms with van der Waals surface area (Å²) in [6, 6.07) is 12.0. The maximum atomic E-state index is 11.5. The smallest absolute Gasteiger partial charge is 0.335 e. The lowest BCUT2D eigenvalue weighted by molar-refractivity contribution is 0.0696. The molecule has 0 amide bonds. The van der Waals surface area contributed by atoms with Gasteiger partial charge in [-0.15, -0.1) is 0 Å². The van der Waals surface area contributed by atoms with Crippen LogP contribution in [-0.4, -0.2) is 16.9 Å². The molecule has 2 rings (SSSR count). The van der Waals surface area contributed by atoms with E-state index < -0.39 is 5.97 Å². The van der Waals surface area contributed by atoms with Gasteiger partial charge in [0.25, 0.3) is 0 Å². The summed E-state index contributed by atoms with van der Waals surface area (Å²) >= 11 is 0. The molecule has 2 aromatic carbocycles. The molecule has 114 valence electrons. The van der Waals surface area contributed by atoms with Crippen molar-refractivity contribution in [1.29, 1.82) is 0 Å². The minimum Gasteiger partial charge on any atom is -0.489 e. The molecule has 0 radical (unpaired) electrons. The van der Waals surface area contributed by atoms with Crippen molar-refractivity contribution in [2.75, 3.05) is 0 Å². The summed E-state index contributed by atoms with van der Waals surface area (Å²) in [6.45, 7) is 3.82. The minimum absolute atomic E-state index is 0.0394. The van der Waals surface area contributed by atoms with E-state index in [9.17, 15) is 9.59 Å². The number of carbonyl (C=O) groups excluding carboxylic acids is 1. The summed E-state index contributed by atoms with van der Waals surface area (Å²) in [7, 11) is 0. The molecular formula is C18H18O4. The number of aromatic carboxylic acids is 1. The highest BCUT2D eigenvalue weighted by Gasteiger charge is 2.08. The lowest BCUT2D eigenvalue weighted by Gasteiger charge is -2.10. The number of hydrogen-bond donors (Lipinski definition) is 1. The molecule has 0 atom stereocenters. The molecule has 0 saturated carbocycles. The second kappa shape index (κ2) is 6.89. The third-order valence-corrected chi connectivity index (χ3v) is 3.42. The van der Waals surface area contributed by atoms with Crippen molar-refractivity contribution in [3.8, 4) is 5.75 Å². The standard InChI is InChI=1S/C18H18O4/c1-3-14-10-16(7-8-17(14)12(2)19)22-11-13-5-4-6-15(9-13)18(20)21/h4-10H,3,11H2,1-2H3,(H,20,21). The Labute approximate surface area is 129 Å². The van der Waals surface area contributed by atoms with Crippen LogP contribution in [0.25, 0.3) is 0 Å². The summed E-state index contributed by atoms with van der Waals surface area (Å²) in [4.78, 5) is 22.5. The van der Waals surface area contributed by atoms with Gasteiger partial charge in [0.15, 0.2) is 5.78 Å². The number of rotatable bonds is 6. The zero-order valence-electron chi connectivity index (χ0n) is 12.6. The van der Waals surface area contributed by atoms with Crippen molar-refractivity contribution in [3.05, 3.63) is 64.7 Å². The maximum Gasteiger partial charge on any atom is 0.335 e. The number of aryl methyl sites for hydroxylation is 1. The highest BCUT2D eigenvalue weighted by Crippen LogP contribution is 2.20. The molecule has 4 heteroatoms. The normalized spacial score (nSPS) is 10.3. The Morgan fingerprint density at radius 3 is 2.55 bits per heavy atom. The first kappa shape index (κ1) is 15.8. The summed E-state index contributed by atoms with van der Waals surface area (Å²) < 4.78 is 5.70. The summed E-state index contributed by atoms with van der Waals surface area (Å²) in [5.41, 5.74) is 2.68. The van der Waals surface area contributed by atoms with E-state index in [-0.39, 0.29) is 18.0 Å². The van der Waals surface area contributed by atoms with Crippen LogP contribution < -0.4 is 4.74 Å². The van der Waals surface area contributed by atoms with Gasteiger partial charge in [-0.3, -0.25) is 4.79 Å². The topological polar surface area (TPSA) is 63.6 Å². The van der Waals surface area contributed by atoms with Gasteiger partial charge in [0, 0.05) is 5.56 Å². The molecule has 0 aromatic heterocycles. The first-order valence-corrected chi connectivity index (χ1v) is 7.10. The summed E-state index contributed by atoms with van der Waals surface area (Å²) in [6.07, 6.45) is 0.751. The van der Waals surface area contributed by atoms with Crippen LogP contribution in [0.15, 0.2) is 42.5 Å². The Balaban J connectivity index is 2.13. The van der Waals surface area contributed by atoms with Gasteiger partial charge in [0.05, 0.1) is 5.56 Å². The predicted molar refractivity (Wildman–Crippen MR) is 83.6 cm³/mol. The molecule has 0 fully saturated rings. The fourth-order valence-electron chi connectivity index (χ4n) is 2.26. The zero-order valence-corrected chi connectivity index (χ0v) is 12.6. The number of ketones is 1. The van der Waals surface area contributed by atoms with Gasteiger partial charge in [-0.2, -0.15) is 0 Å². The molecule has 0 spiro atoms. The average molecular weight is 298 g/mol. The second-order valence-corrected chi connectivity index (χ2v) is 5.02. The Kier molecular flexibility index (Phi) is 4.94. The largest absolute Gasteiger partial charge is 0.489 e. The fourth-order valence-corrected chi connectivity index (χ4v) is 2.26. The predicted octanol–water partition coefficient (Wildman–Crippen LogP) is 3.73. The van der Waals surface area contributed by atoms with Gasteiger partial charge in [0.2, 0.25) is 0 Å². The fraction of sp³-hybridized carbons (Fsp3) is 0.222. The van der Waals surface area contributed by atoms with Gasteiger partial charge in [-0.25, -0.2) is 4.79 Å². The first-order chi connectivity index (χ1) is 10.5. The quantitative estimate of drug-likeness (QED) is 0.825. The molecule has 0 aliphatic carbocycles. The van der Waals surface area contributed by atoms with Crippen LogP contribution >= 0.6 is 0 Å². The van der Waals surface area contributed by atoms with Crippen molar-refractivity contribution >= 4 is 11.8 Å². The van der Waals surface area contributed by atoms with Crippen LogP contribution in [0.4, 0.5) is 0 Å². The monoisotopic (exact) mass is 298 g/mol. The number of Topliss-reactive ketones (excluding diaryl/α,β-unsaturated/α-hetero) is 1. The maximum absolute atomic E-state index is 11.5. The van der Waals surface area contributed by atoms with E-state index in [1.165, 1.54) is 0 Å². The highest BCUT2D eigenvalue weighted by molar-refractivity contribution is 5.95. The molecule has 22 heavy (non-hydrogen) atoms. The van der Waals surface area contributed by atoms with Gasteiger partial charge in [-0.1, -0.05) is 19.1 Å². The average Bonchev–Trinajstić information content (AvgIpc) is 2.52. The van der Waals surface area contributed by atoms with Gasteiger partial charge in [-0.05, 0) is 54.8 Å². The minimum atomic E-state index is -0.957. The molecule has 0 heterocycles. The number of carboxylic acid groups (broad SMARTS) is 1. The molecule has 2 aromatic rings. The molecule has 1 N–H and O–H groups in total. The van der Waals surface area contributed by atoms with Crippen molar-refractivity contribution in [3.63, 3.8) is 0 Å². The number of benzene rings is 2. The first-order valence-electron chi connectivity index (χ1n) is 7.10. The van der Waals surface area contributed by atoms with E-state index in [1.54, 1.807) is 37.3 Å². The summed E-state index contributed by atoms with van der Waals surface area (Å²) in [5.74, 6) is -0.249. The number of ether oxygens (including phenoxy) is 1. The van der Waals surface area contributed by atoms with Gasteiger partial charge >= 0.3 is 5.97 Å². The van der Waals surface area contributed by atoms with Crippen LogP contribution in [0.2, 0.25) is 0 Å². The van der Waals surface area contributed by atoms with Crippen LogP contribution in [0.5, 0.6) is 5.75 Å². The van der Waals surface area contributed by atoms with E-state index >= 15 is 0 Å². The zero-order chi connectivity index (χ0) is 16.1. The van der Waals surface area contributed by atoms with Crippen LogP contribution in [-0.2, 0) is 13.0 Å². The second-order valence-electron chi connectivity index (χ2n) is 5.02. The lowest BCUT2D eigenvalue weighted by atomic mass is 10.0. The third-order valence-electron chi connectivity index (χ3n) is 3.42. The molecule has 0 bridgehead atoms. The Hall–Kier alpha value is -2.62. The lowest BCUT2D eigenvalue weighted by Crippen LogP contribution is -2.02. The van der Waals surface area contributed by atoms with E-state index in [0.29, 0.717) is 11.3 Å². The van der Waals surface area contributed by atoms with Gasteiger partial charge < -0.3 is 9.84 Å². The number of carboxylic acids is 1. The van der Waals surface area contributed by atoms with E-state index in [4.69, 9.17) is 9.84 Å². The van der Waals surface area contributed by atoms with Crippen molar-refractivity contribution in [2.24, 2.45) is 0 Å². The third kappa shape index (κ3) is 3.73. The van der Waals surface area contributed by atoms with Crippen molar-refractivity contribution in [2.45, 2.75) is 26.9 Å². The SMILES string of the molecule is CCc1cc(OCc2cccc(C(=O)O)c2)ccc1C(C)=O. The van der Waals surface area contributed by atoms with Crippen molar-refractivity contribution in [1.82, 2.24) is 0 Å². The van der Waals surface area contributed by atoms with Crippen molar-refractivity contribution < 1.29 is 19.4 Å². The molecule has 0 saturated heterocycles. The van der Waals surface area contributed by atoms with E-state index in [2.05, 4.69) is 0 Å². The van der Waals surface area contributed by atoms with E-state index in [1.807, 2.05) is 19.1 Å². The van der Waals surface area contributed by atoms with Gasteiger partial charge in [0.1, 0.15) is 12.4 Å². The molecule has 0 aliphatic rings. The Morgan fingerprint density at radius 1 is 1.14 bits per heavy atom. The van der Waals surface area contributed by atoms with Crippen LogP contribution in [0.3, 0.4) is 0 Å². The Bertz CT molecular complexity index is 704. The van der Waals surface area contributed by atoms with Crippen LogP contribution in [0.1, 0.15) is 45.7 Å². The number of hydrogen-bond acceptors (Lipinski definition) is 3. The summed E-state index contributed by atoms with van der Waals surface area (Å²) in [5, 5.41) is 8.97. The highest BCUT2D eigenvalue weighted by atomic mass is 16.5. The Morgan fingerprint density at radius 2 is 1.91 bits per heavy atom. The molecular weight excluding hydrogens is 280 g/mol. The number of carbonyl (C=O) groups is 2.